The Morgan fingerprint density at radius 1 is 1.02 bits per heavy atom. The van der Waals surface area contributed by atoms with Crippen molar-refractivity contribution in [2.24, 2.45) is 0 Å². The second-order valence-electron chi connectivity index (χ2n) is 11.0. The molecule has 212 valence electrons. The maximum Gasteiger partial charge on any atom is 0.410 e. The van der Waals surface area contributed by atoms with Crippen molar-refractivity contribution < 1.29 is 28.9 Å². The largest absolute Gasteiger partial charge is 0.496 e. The van der Waals surface area contributed by atoms with Gasteiger partial charge in [-0.3, -0.25) is 0 Å². The summed E-state index contributed by atoms with van der Waals surface area (Å²) in [6, 6.07) is 18.5. The molecule has 8 heteroatoms. The van der Waals surface area contributed by atoms with Gasteiger partial charge >= 0.3 is 12.1 Å². The molecule has 0 aliphatic heterocycles. The summed E-state index contributed by atoms with van der Waals surface area (Å²) < 4.78 is 16.1. The van der Waals surface area contributed by atoms with E-state index in [0.717, 1.165) is 29.5 Å². The first-order chi connectivity index (χ1) is 19.0. The van der Waals surface area contributed by atoms with Crippen LogP contribution in [0.1, 0.15) is 60.3 Å². The third-order valence-electron chi connectivity index (χ3n) is 7.02. The molecule has 2 atom stereocenters. The lowest BCUT2D eigenvalue weighted by molar-refractivity contribution is 0.00195. The lowest BCUT2D eigenvalue weighted by atomic mass is 9.85. The Morgan fingerprint density at radius 2 is 1.75 bits per heavy atom. The molecule has 0 bridgehead atoms. The predicted octanol–water partition coefficient (Wildman–Crippen LogP) is 6.63. The smallest absolute Gasteiger partial charge is 0.410 e. The molecular weight excluding hydrogens is 530 g/mol. The predicted molar refractivity (Wildman–Crippen MR) is 155 cm³/mol. The monoisotopic (exact) mass is 565 g/mol. The number of hydrogen-bond donors (Lipinski definition) is 1. The van der Waals surface area contributed by atoms with Gasteiger partial charge in [-0.1, -0.05) is 48.0 Å². The summed E-state index contributed by atoms with van der Waals surface area (Å²) >= 11 is 6.15. The number of aliphatic hydroxyl groups is 1. The molecule has 0 saturated carbocycles. The molecule has 7 nitrogen and oxygen atoms in total. The summed E-state index contributed by atoms with van der Waals surface area (Å²) in [6.07, 6.45) is 0.774. The van der Waals surface area contributed by atoms with Gasteiger partial charge in [-0.15, -0.1) is 0 Å². The lowest BCUT2D eigenvalue weighted by Crippen LogP contribution is -2.47. The third kappa shape index (κ3) is 6.95. The van der Waals surface area contributed by atoms with Crippen LogP contribution in [0.2, 0.25) is 5.02 Å². The van der Waals surface area contributed by atoms with Gasteiger partial charge in [0, 0.05) is 11.1 Å². The van der Waals surface area contributed by atoms with Crippen LogP contribution in [0.5, 0.6) is 5.75 Å². The second kappa shape index (κ2) is 12.3. The van der Waals surface area contributed by atoms with Crippen LogP contribution < -0.4 is 4.74 Å². The van der Waals surface area contributed by atoms with Crippen molar-refractivity contribution >= 4 is 23.7 Å². The van der Waals surface area contributed by atoms with Crippen LogP contribution in [0, 0.1) is 0 Å². The van der Waals surface area contributed by atoms with Crippen molar-refractivity contribution in [3.8, 4) is 16.9 Å². The first kappa shape index (κ1) is 29.4. The van der Waals surface area contributed by atoms with E-state index >= 15 is 0 Å². The molecule has 0 aromatic heterocycles. The van der Waals surface area contributed by atoms with Crippen LogP contribution in [-0.4, -0.2) is 54.5 Å². The van der Waals surface area contributed by atoms with Gasteiger partial charge in [-0.05, 0) is 92.1 Å². The normalized spacial score (nSPS) is 15.5. The zero-order valence-corrected chi connectivity index (χ0v) is 24.3. The number of hydrogen-bond acceptors (Lipinski definition) is 6. The van der Waals surface area contributed by atoms with Gasteiger partial charge in [0.2, 0.25) is 0 Å². The van der Waals surface area contributed by atoms with Crippen molar-refractivity contribution in [2.45, 2.75) is 57.8 Å². The van der Waals surface area contributed by atoms with Crippen molar-refractivity contribution in [2.75, 3.05) is 20.8 Å². The Bertz CT molecular complexity index is 1380. The molecule has 1 aliphatic rings. The number of esters is 1. The molecule has 0 fully saturated rings. The molecule has 1 N–H and O–H groups in total. The van der Waals surface area contributed by atoms with E-state index < -0.39 is 23.8 Å². The standard InChI is InChI=1S/C32H36ClNO6/c1-32(2,3)40-31(37)34(19-28(35)23-7-6-8-25(33)16-23)26-13-11-20-9-10-21(15-24(20)17-26)22-12-14-27(30(36)39-5)29(18-22)38-4/h6-10,12,14-16,18,26,28,35H,11,13,17,19H2,1-5H3/t26-,28-/m0/s1. The van der Waals surface area contributed by atoms with Crippen molar-refractivity contribution in [1.29, 1.82) is 0 Å². The molecular formula is C32H36ClNO6. The molecule has 0 heterocycles. The first-order valence-corrected chi connectivity index (χ1v) is 13.7. The fraction of sp³-hybridized carbons (Fsp3) is 0.375. The number of benzene rings is 3. The number of fused-ring (bicyclic) bond motifs is 1. The SMILES string of the molecule is COC(=O)c1ccc(-c2ccc3c(c2)C[C@@H](N(C[C@H](O)c2cccc(Cl)c2)C(=O)OC(C)(C)C)CC3)cc1OC. The van der Waals surface area contributed by atoms with E-state index in [9.17, 15) is 14.7 Å². The Morgan fingerprint density at radius 3 is 2.42 bits per heavy atom. The summed E-state index contributed by atoms with van der Waals surface area (Å²) in [5.74, 6) is -0.0232. The number of halogens is 1. The van der Waals surface area contributed by atoms with Crippen molar-refractivity contribution in [3.63, 3.8) is 0 Å². The number of methoxy groups -OCH3 is 2. The Hall–Kier alpha value is -3.55. The topological polar surface area (TPSA) is 85.3 Å². The molecule has 0 spiro atoms. The maximum atomic E-state index is 13.4. The highest BCUT2D eigenvalue weighted by Crippen LogP contribution is 2.33. The van der Waals surface area contributed by atoms with E-state index in [-0.39, 0.29) is 12.6 Å². The fourth-order valence-corrected chi connectivity index (χ4v) is 5.23. The van der Waals surface area contributed by atoms with E-state index in [4.69, 9.17) is 25.8 Å². The van der Waals surface area contributed by atoms with Crippen LogP contribution in [0.4, 0.5) is 4.79 Å². The van der Waals surface area contributed by atoms with Gasteiger partial charge in [0.05, 0.1) is 26.9 Å². The molecule has 40 heavy (non-hydrogen) atoms. The van der Waals surface area contributed by atoms with Gasteiger partial charge in [0.1, 0.15) is 16.9 Å². The Labute approximate surface area is 240 Å². The van der Waals surface area contributed by atoms with E-state index in [1.165, 1.54) is 19.8 Å². The maximum absolute atomic E-state index is 13.4. The minimum Gasteiger partial charge on any atom is -0.496 e. The molecule has 1 amide bonds. The molecule has 0 saturated heterocycles. The zero-order chi connectivity index (χ0) is 29.0. The minimum atomic E-state index is -0.917. The van der Waals surface area contributed by atoms with Gasteiger partial charge in [0.25, 0.3) is 0 Å². The van der Waals surface area contributed by atoms with Crippen LogP contribution in [0.3, 0.4) is 0 Å². The average Bonchev–Trinajstić information content (AvgIpc) is 2.93. The number of carbonyl (C=O) groups excluding carboxylic acids is 2. The van der Waals surface area contributed by atoms with Crippen molar-refractivity contribution in [1.82, 2.24) is 4.90 Å². The number of nitrogens with zero attached hydrogens (tertiary/aromatic N) is 1. The van der Waals surface area contributed by atoms with Crippen LogP contribution in [0.25, 0.3) is 11.1 Å². The number of aryl methyl sites for hydroxylation is 1. The summed E-state index contributed by atoms with van der Waals surface area (Å²) in [6.45, 7) is 5.58. The number of rotatable bonds is 7. The lowest BCUT2D eigenvalue weighted by Gasteiger charge is -2.37. The van der Waals surface area contributed by atoms with Gasteiger partial charge in [-0.25, -0.2) is 9.59 Å². The Balaban J connectivity index is 1.62. The number of amides is 1. The molecule has 0 unspecified atom stereocenters. The number of ether oxygens (including phenoxy) is 3. The van der Waals surface area contributed by atoms with E-state index in [1.54, 1.807) is 35.2 Å². The number of carbonyl (C=O) groups is 2. The first-order valence-electron chi connectivity index (χ1n) is 13.3. The third-order valence-corrected chi connectivity index (χ3v) is 7.26. The molecule has 4 rings (SSSR count). The van der Waals surface area contributed by atoms with E-state index in [1.807, 2.05) is 32.9 Å². The molecule has 1 aliphatic carbocycles. The summed E-state index contributed by atoms with van der Waals surface area (Å²) in [5.41, 5.74) is 4.53. The number of aliphatic hydroxyl groups excluding tert-OH is 1. The molecule has 0 radical (unpaired) electrons. The highest BCUT2D eigenvalue weighted by molar-refractivity contribution is 6.30. The van der Waals surface area contributed by atoms with Gasteiger partial charge < -0.3 is 24.2 Å². The highest BCUT2D eigenvalue weighted by atomic mass is 35.5. The van der Waals surface area contributed by atoms with Crippen LogP contribution >= 0.6 is 11.6 Å². The summed E-state index contributed by atoms with van der Waals surface area (Å²) in [5, 5.41) is 11.6. The highest BCUT2D eigenvalue weighted by Gasteiger charge is 2.33. The Kier molecular flexibility index (Phi) is 9.06. The van der Waals surface area contributed by atoms with Gasteiger partial charge in [0.15, 0.2) is 0 Å². The van der Waals surface area contributed by atoms with Gasteiger partial charge in [-0.2, -0.15) is 0 Å². The van der Waals surface area contributed by atoms with Crippen LogP contribution in [-0.2, 0) is 22.3 Å². The quantitative estimate of drug-likeness (QED) is 0.324. The van der Waals surface area contributed by atoms with Crippen LogP contribution in [0.15, 0.2) is 60.7 Å². The van der Waals surface area contributed by atoms with E-state index in [0.29, 0.717) is 28.3 Å². The molecule has 3 aromatic carbocycles. The average molecular weight is 566 g/mol. The minimum absolute atomic E-state index is 0.0845. The van der Waals surface area contributed by atoms with Crippen molar-refractivity contribution in [3.05, 3.63) is 87.9 Å². The second-order valence-corrected chi connectivity index (χ2v) is 11.4. The summed E-state index contributed by atoms with van der Waals surface area (Å²) in [7, 11) is 2.86. The fourth-order valence-electron chi connectivity index (χ4n) is 5.03. The van der Waals surface area contributed by atoms with E-state index in [2.05, 4.69) is 18.2 Å². The zero-order valence-electron chi connectivity index (χ0n) is 23.6. The molecule has 3 aromatic rings. The summed E-state index contributed by atoms with van der Waals surface area (Å²) in [4.78, 5) is 27.1.